The van der Waals surface area contributed by atoms with Crippen molar-refractivity contribution >= 4 is 11.7 Å². The zero-order valence-corrected chi connectivity index (χ0v) is 27.4. The fourth-order valence-electron chi connectivity index (χ4n) is 5.85. The summed E-state index contributed by atoms with van der Waals surface area (Å²) in [5, 5.41) is 31.9. The molecule has 8 heteroatoms. The first kappa shape index (κ1) is 39.0. The number of aliphatic hydroxyl groups is 3. The van der Waals surface area contributed by atoms with E-state index >= 15 is 0 Å². The number of hydrogen-bond donors (Lipinski definition) is 4. The molecule has 0 saturated carbocycles. The van der Waals surface area contributed by atoms with Crippen LogP contribution in [0.5, 0.6) is 0 Å². The fraction of sp³-hybridized carbons (Fsp3) is 0.941. The Kier molecular flexibility index (Phi) is 22.5. The van der Waals surface area contributed by atoms with Crippen LogP contribution in [0.15, 0.2) is 0 Å². The Bertz CT molecular complexity index is 691. The van der Waals surface area contributed by atoms with Gasteiger partial charge < -0.3 is 30.1 Å². The van der Waals surface area contributed by atoms with Crippen molar-refractivity contribution in [2.75, 3.05) is 13.2 Å². The van der Waals surface area contributed by atoms with E-state index < -0.39 is 48.4 Å². The number of carbonyl (C=O) groups is 2. The van der Waals surface area contributed by atoms with E-state index in [-0.39, 0.29) is 25.4 Å². The molecule has 0 radical (unpaired) electrons. The quantitative estimate of drug-likeness (QED) is 0.0687. The summed E-state index contributed by atoms with van der Waals surface area (Å²) in [6.07, 6.45) is 18.9. The molecule has 4 unspecified atom stereocenters. The lowest BCUT2D eigenvalue weighted by Gasteiger charge is -2.38. The Morgan fingerprint density at radius 1 is 0.810 bits per heavy atom. The molecular formula is C34H65NO7. The predicted molar refractivity (Wildman–Crippen MR) is 168 cm³/mol. The number of unbranched alkanes of at least 4 members (excludes halogenated alkanes) is 16. The number of amides is 1. The van der Waals surface area contributed by atoms with E-state index in [2.05, 4.69) is 12.2 Å². The summed E-state index contributed by atoms with van der Waals surface area (Å²) in [5.74, 6) is -1.99. The number of Topliss-reactive ketones (excluding diaryl/α,β-unsaturated/α-hetero) is 1. The molecule has 4 N–H and O–H groups in total. The third-order valence-corrected chi connectivity index (χ3v) is 8.82. The van der Waals surface area contributed by atoms with Crippen LogP contribution in [0, 0.1) is 11.8 Å². The van der Waals surface area contributed by atoms with E-state index in [9.17, 15) is 19.8 Å². The molecule has 42 heavy (non-hydrogen) atoms. The molecule has 0 aromatic heterocycles. The Morgan fingerprint density at radius 2 is 1.29 bits per heavy atom. The van der Waals surface area contributed by atoms with Gasteiger partial charge in [0.1, 0.15) is 6.10 Å². The Morgan fingerprint density at radius 3 is 1.76 bits per heavy atom. The van der Waals surface area contributed by atoms with Gasteiger partial charge in [-0.2, -0.15) is 0 Å². The largest absolute Gasteiger partial charge is 0.395 e. The van der Waals surface area contributed by atoms with Crippen molar-refractivity contribution in [2.45, 2.75) is 180 Å². The normalized spacial score (nSPS) is 22.9. The van der Waals surface area contributed by atoms with Crippen LogP contribution in [0.25, 0.3) is 0 Å². The molecule has 1 aliphatic heterocycles. The maximum Gasteiger partial charge on any atom is 0.230 e. The molecule has 0 aromatic rings. The van der Waals surface area contributed by atoms with Crippen molar-refractivity contribution in [1.29, 1.82) is 0 Å². The lowest BCUT2D eigenvalue weighted by Crippen LogP contribution is -2.49. The smallest absolute Gasteiger partial charge is 0.230 e. The van der Waals surface area contributed by atoms with Crippen LogP contribution in [0.1, 0.15) is 150 Å². The van der Waals surface area contributed by atoms with Gasteiger partial charge >= 0.3 is 0 Å². The van der Waals surface area contributed by atoms with Crippen molar-refractivity contribution in [2.24, 2.45) is 11.8 Å². The minimum absolute atomic E-state index is 0.106. The molecule has 0 spiro atoms. The van der Waals surface area contributed by atoms with E-state index in [1.165, 1.54) is 89.9 Å². The van der Waals surface area contributed by atoms with E-state index in [0.29, 0.717) is 6.42 Å². The first-order chi connectivity index (χ1) is 20.2. The van der Waals surface area contributed by atoms with Gasteiger partial charge in [-0.25, -0.2) is 0 Å². The summed E-state index contributed by atoms with van der Waals surface area (Å²) in [4.78, 5) is 25.8. The van der Waals surface area contributed by atoms with Crippen molar-refractivity contribution in [3.8, 4) is 0 Å². The minimum atomic E-state index is -0.986. The summed E-state index contributed by atoms with van der Waals surface area (Å²) in [6, 6.07) is 0. The van der Waals surface area contributed by atoms with E-state index in [4.69, 9.17) is 14.6 Å². The highest BCUT2D eigenvalue weighted by atomic mass is 16.7. The van der Waals surface area contributed by atoms with Crippen LogP contribution in [-0.4, -0.2) is 70.9 Å². The molecule has 7 atom stereocenters. The molecule has 1 aliphatic rings. The Labute approximate surface area is 256 Å². The number of ether oxygens (including phenoxy) is 2. The van der Waals surface area contributed by atoms with Crippen LogP contribution in [0.4, 0.5) is 0 Å². The number of aliphatic hydroxyl groups excluding tert-OH is 3. The minimum Gasteiger partial charge on any atom is -0.395 e. The van der Waals surface area contributed by atoms with Crippen molar-refractivity contribution in [3.05, 3.63) is 0 Å². The second-order valence-electron chi connectivity index (χ2n) is 12.6. The van der Waals surface area contributed by atoms with E-state index in [0.717, 1.165) is 19.3 Å². The third-order valence-electron chi connectivity index (χ3n) is 8.82. The SMILES string of the molecule is CCCCCCCCCCCCCCCCCCCC(C(=O)C(C)C(=O)NCCO)[C@@H](C)O[C@@H]1OC(C)[C@H](O)CC1O. The number of nitrogens with one attached hydrogen (secondary N) is 1. The lowest BCUT2D eigenvalue weighted by atomic mass is 9.85. The second-order valence-corrected chi connectivity index (χ2v) is 12.6. The second kappa shape index (κ2) is 24.3. The van der Waals surface area contributed by atoms with Crippen molar-refractivity contribution in [1.82, 2.24) is 5.32 Å². The molecule has 0 aromatic carbocycles. The van der Waals surface area contributed by atoms with Gasteiger partial charge in [-0.1, -0.05) is 116 Å². The van der Waals surface area contributed by atoms with Crippen LogP contribution >= 0.6 is 0 Å². The molecule has 1 rings (SSSR count). The summed E-state index contributed by atoms with van der Waals surface area (Å²) >= 11 is 0. The average Bonchev–Trinajstić information content (AvgIpc) is 2.97. The number of rotatable bonds is 26. The number of ketones is 1. The zero-order valence-electron chi connectivity index (χ0n) is 27.4. The van der Waals surface area contributed by atoms with Gasteiger partial charge in [-0.05, 0) is 27.2 Å². The average molecular weight is 600 g/mol. The first-order valence-corrected chi connectivity index (χ1v) is 17.3. The maximum absolute atomic E-state index is 13.4. The predicted octanol–water partition coefficient (Wildman–Crippen LogP) is 6.22. The molecule has 1 fully saturated rings. The highest BCUT2D eigenvalue weighted by molar-refractivity contribution is 6.02. The highest BCUT2D eigenvalue weighted by Crippen LogP contribution is 2.27. The zero-order chi connectivity index (χ0) is 31.2. The maximum atomic E-state index is 13.4. The molecule has 0 aliphatic carbocycles. The van der Waals surface area contributed by atoms with Gasteiger partial charge in [0.25, 0.3) is 0 Å². The van der Waals surface area contributed by atoms with Crippen LogP contribution in [-0.2, 0) is 19.1 Å². The van der Waals surface area contributed by atoms with Crippen LogP contribution in [0.3, 0.4) is 0 Å². The number of carbonyl (C=O) groups excluding carboxylic acids is 2. The molecule has 1 saturated heterocycles. The van der Waals surface area contributed by atoms with Crippen molar-refractivity contribution in [3.63, 3.8) is 0 Å². The fourth-order valence-corrected chi connectivity index (χ4v) is 5.85. The molecule has 8 nitrogen and oxygen atoms in total. The van der Waals surface area contributed by atoms with Gasteiger partial charge in [0.15, 0.2) is 12.1 Å². The summed E-state index contributed by atoms with van der Waals surface area (Å²) in [6.45, 7) is 7.30. The van der Waals surface area contributed by atoms with Gasteiger partial charge in [0.05, 0.1) is 30.8 Å². The summed E-state index contributed by atoms with van der Waals surface area (Å²) in [5.41, 5.74) is 0. The van der Waals surface area contributed by atoms with Crippen molar-refractivity contribution < 1.29 is 34.4 Å². The van der Waals surface area contributed by atoms with E-state index in [1.807, 2.05) is 0 Å². The lowest BCUT2D eigenvalue weighted by molar-refractivity contribution is -0.277. The van der Waals surface area contributed by atoms with Crippen LogP contribution < -0.4 is 5.32 Å². The van der Waals surface area contributed by atoms with Gasteiger partial charge in [-0.15, -0.1) is 0 Å². The van der Waals surface area contributed by atoms with E-state index in [1.54, 1.807) is 20.8 Å². The molecule has 1 heterocycles. The third kappa shape index (κ3) is 16.7. The number of hydrogen-bond acceptors (Lipinski definition) is 7. The van der Waals surface area contributed by atoms with Crippen LogP contribution in [0.2, 0.25) is 0 Å². The molecular weight excluding hydrogens is 534 g/mol. The standard InChI is InChI=1S/C34H65NO7/c1-5-6-7-8-9-10-11-12-13-14-15-16-17-18-19-20-21-22-29(32(39)26(2)33(40)35-23-24-36)27(3)41-34-31(38)25-30(37)28(4)42-34/h26-31,34,36-38H,5-25H2,1-4H3,(H,35,40)/t26?,27-,28?,29?,30-,31?,34-/m1/s1. The summed E-state index contributed by atoms with van der Waals surface area (Å²) in [7, 11) is 0. The first-order valence-electron chi connectivity index (χ1n) is 17.3. The highest BCUT2D eigenvalue weighted by Gasteiger charge is 2.39. The molecule has 0 bridgehead atoms. The Hall–Kier alpha value is -1.06. The summed E-state index contributed by atoms with van der Waals surface area (Å²) < 4.78 is 11.7. The van der Waals surface area contributed by atoms with Gasteiger partial charge in [-0.3, -0.25) is 9.59 Å². The molecule has 1 amide bonds. The monoisotopic (exact) mass is 599 g/mol. The van der Waals surface area contributed by atoms with Gasteiger partial charge in [0.2, 0.25) is 5.91 Å². The topological polar surface area (TPSA) is 125 Å². The molecule has 248 valence electrons. The van der Waals surface area contributed by atoms with Gasteiger partial charge in [0, 0.05) is 18.9 Å². The Balaban J connectivity index is 2.36.